The molecule has 0 fully saturated rings. The lowest BCUT2D eigenvalue weighted by Crippen LogP contribution is -2.00. The number of rotatable bonds is 6. The highest BCUT2D eigenvalue weighted by Crippen LogP contribution is 2.34. The van der Waals surface area contributed by atoms with Crippen LogP contribution < -0.4 is 4.74 Å². The summed E-state index contributed by atoms with van der Waals surface area (Å²) in [6, 6.07) is 3.71. The van der Waals surface area contributed by atoms with Crippen molar-refractivity contribution >= 4 is 23.2 Å². The third kappa shape index (κ3) is 3.57. The highest BCUT2D eigenvalue weighted by molar-refractivity contribution is 6.42. The van der Waals surface area contributed by atoms with Crippen LogP contribution >= 0.6 is 23.2 Å². The minimum absolute atomic E-state index is 0.605. The van der Waals surface area contributed by atoms with Gasteiger partial charge in [0.2, 0.25) is 0 Å². The number of halogens is 2. The van der Waals surface area contributed by atoms with E-state index in [1.165, 1.54) is 0 Å². The van der Waals surface area contributed by atoms with Crippen LogP contribution in [0.25, 0.3) is 0 Å². The summed E-state index contributed by atoms with van der Waals surface area (Å²) in [6.07, 6.45) is 4.13. The van der Waals surface area contributed by atoms with E-state index in [2.05, 4.69) is 13.8 Å². The van der Waals surface area contributed by atoms with Crippen molar-refractivity contribution in [1.82, 2.24) is 0 Å². The average Bonchev–Trinajstić information content (AvgIpc) is 2.28. The fourth-order valence-corrected chi connectivity index (χ4v) is 1.95. The molecule has 0 bridgehead atoms. The fourth-order valence-electron chi connectivity index (χ4n) is 1.52. The quantitative estimate of drug-likeness (QED) is 0.645. The van der Waals surface area contributed by atoms with Crippen LogP contribution in [0.2, 0.25) is 10.0 Å². The number of hydrogen-bond donors (Lipinski definition) is 0. The third-order valence-corrected chi connectivity index (χ3v) is 3.25. The van der Waals surface area contributed by atoms with Crippen LogP contribution in [-0.4, -0.2) is 6.61 Å². The van der Waals surface area contributed by atoms with Gasteiger partial charge in [-0.25, -0.2) is 0 Å². The van der Waals surface area contributed by atoms with Crippen molar-refractivity contribution in [1.29, 1.82) is 0 Å². The third-order valence-electron chi connectivity index (χ3n) is 2.41. The molecule has 0 saturated carbocycles. The average molecular weight is 261 g/mol. The van der Waals surface area contributed by atoms with Gasteiger partial charge in [0.1, 0.15) is 5.75 Å². The molecule has 3 heteroatoms. The van der Waals surface area contributed by atoms with Gasteiger partial charge in [0.05, 0.1) is 16.7 Å². The van der Waals surface area contributed by atoms with Gasteiger partial charge in [0.15, 0.2) is 0 Å². The first-order valence-corrected chi connectivity index (χ1v) is 6.56. The lowest BCUT2D eigenvalue weighted by molar-refractivity contribution is 0.306. The molecule has 1 nitrogen and oxygen atoms in total. The Morgan fingerprint density at radius 1 is 1.12 bits per heavy atom. The van der Waals surface area contributed by atoms with Crippen molar-refractivity contribution in [3.8, 4) is 5.75 Å². The number of ether oxygens (including phenoxy) is 1. The monoisotopic (exact) mass is 260 g/mol. The Morgan fingerprint density at radius 2 is 1.88 bits per heavy atom. The predicted octanol–water partition coefficient (Wildman–Crippen LogP) is 5.12. The number of hydrogen-bond acceptors (Lipinski definition) is 1. The van der Waals surface area contributed by atoms with Crippen LogP contribution in [0, 0.1) is 0 Å². The molecule has 0 unspecified atom stereocenters. The van der Waals surface area contributed by atoms with Crippen molar-refractivity contribution in [2.45, 2.75) is 39.5 Å². The Morgan fingerprint density at radius 3 is 2.50 bits per heavy atom. The summed E-state index contributed by atoms with van der Waals surface area (Å²) in [4.78, 5) is 0. The van der Waals surface area contributed by atoms with Crippen molar-refractivity contribution in [2.75, 3.05) is 6.61 Å². The molecule has 1 aromatic rings. The Kier molecular flexibility index (Phi) is 6.00. The van der Waals surface area contributed by atoms with Gasteiger partial charge in [-0.05, 0) is 25.0 Å². The molecule has 0 radical (unpaired) electrons. The second kappa shape index (κ2) is 7.03. The smallest absolute Gasteiger partial charge is 0.124 e. The highest BCUT2D eigenvalue weighted by atomic mass is 35.5. The zero-order valence-corrected chi connectivity index (χ0v) is 11.4. The van der Waals surface area contributed by atoms with E-state index >= 15 is 0 Å². The second-order valence-electron chi connectivity index (χ2n) is 3.79. The molecule has 0 aliphatic rings. The summed E-state index contributed by atoms with van der Waals surface area (Å²) < 4.78 is 5.72. The van der Waals surface area contributed by atoms with Gasteiger partial charge in [-0.15, -0.1) is 0 Å². The SMILES string of the molecule is CCCCOc1ccc(Cl)c(Cl)c1CCC. The standard InChI is InChI=1S/C13H18Cl2O/c1-3-5-9-16-12-8-7-11(14)13(15)10(12)6-4-2/h7-8H,3-6,9H2,1-2H3. The van der Waals surface area contributed by atoms with Crippen molar-refractivity contribution < 1.29 is 4.74 Å². The zero-order chi connectivity index (χ0) is 12.0. The van der Waals surface area contributed by atoms with Crippen LogP contribution in [-0.2, 0) is 6.42 Å². The van der Waals surface area contributed by atoms with Gasteiger partial charge in [-0.1, -0.05) is 49.9 Å². The zero-order valence-electron chi connectivity index (χ0n) is 9.85. The van der Waals surface area contributed by atoms with E-state index in [1.54, 1.807) is 6.07 Å². The molecule has 0 aromatic heterocycles. The Balaban J connectivity index is 2.85. The Bertz CT molecular complexity index is 337. The summed E-state index contributed by atoms with van der Waals surface area (Å²) in [5.74, 6) is 0.879. The molecule has 0 aliphatic heterocycles. The number of unbranched alkanes of at least 4 members (excludes halogenated alkanes) is 1. The van der Waals surface area contributed by atoms with Crippen molar-refractivity contribution in [2.24, 2.45) is 0 Å². The molecule has 0 amide bonds. The maximum atomic E-state index is 6.18. The molecule has 90 valence electrons. The van der Waals surface area contributed by atoms with E-state index in [9.17, 15) is 0 Å². The van der Waals surface area contributed by atoms with E-state index in [0.29, 0.717) is 10.0 Å². The largest absolute Gasteiger partial charge is 0.493 e. The van der Waals surface area contributed by atoms with Gasteiger partial charge in [0.25, 0.3) is 0 Å². The Labute approximate surface area is 108 Å². The summed E-state index contributed by atoms with van der Waals surface area (Å²) in [5.41, 5.74) is 1.03. The van der Waals surface area contributed by atoms with E-state index < -0.39 is 0 Å². The van der Waals surface area contributed by atoms with Gasteiger partial charge >= 0.3 is 0 Å². The highest BCUT2D eigenvalue weighted by Gasteiger charge is 2.10. The van der Waals surface area contributed by atoms with Crippen LogP contribution in [0.5, 0.6) is 5.75 Å². The minimum atomic E-state index is 0.605. The summed E-state index contributed by atoms with van der Waals surface area (Å²) in [6.45, 7) is 5.00. The predicted molar refractivity (Wildman–Crippen MR) is 70.9 cm³/mol. The first-order valence-electron chi connectivity index (χ1n) is 5.80. The molecule has 16 heavy (non-hydrogen) atoms. The molecule has 0 spiro atoms. The van der Waals surface area contributed by atoms with Gasteiger partial charge in [-0.2, -0.15) is 0 Å². The maximum Gasteiger partial charge on any atom is 0.124 e. The minimum Gasteiger partial charge on any atom is -0.493 e. The van der Waals surface area contributed by atoms with E-state index in [0.717, 1.165) is 43.6 Å². The Hall–Kier alpha value is -0.400. The molecular formula is C13H18Cl2O. The first-order chi connectivity index (χ1) is 7.70. The van der Waals surface area contributed by atoms with E-state index in [-0.39, 0.29) is 0 Å². The molecule has 0 atom stereocenters. The van der Waals surface area contributed by atoms with Crippen LogP contribution in [0.15, 0.2) is 12.1 Å². The summed E-state index contributed by atoms with van der Waals surface area (Å²) in [5, 5.41) is 1.24. The first kappa shape index (κ1) is 13.7. The number of benzene rings is 1. The van der Waals surface area contributed by atoms with Crippen LogP contribution in [0.1, 0.15) is 38.7 Å². The molecule has 0 N–H and O–H groups in total. The van der Waals surface area contributed by atoms with Crippen molar-refractivity contribution in [3.05, 3.63) is 27.7 Å². The normalized spacial score (nSPS) is 10.5. The molecule has 0 aliphatic carbocycles. The summed E-state index contributed by atoms with van der Waals surface area (Å²) >= 11 is 12.2. The maximum absolute atomic E-state index is 6.18. The summed E-state index contributed by atoms with van der Waals surface area (Å²) in [7, 11) is 0. The van der Waals surface area contributed by atoms with E-state index in [4.69, 9.17) is 27.9 Å². The molecule has 1 rings (SSSR count). The van der Waals surface area contributed by atoms with Gasteiger partial charge < -0.3 is 4.74 Å². The van der Waals surface area contributed by atoms with Crippen molar-refractivity contribution in [3.63, 3.8) is 0 Å². The van der Waals surface area contributed by atoms with Gasteiger partial charge in [-0.3, -0.25) is 0 Å². The molecule has 0 heterocycles. The fraction of sp³-hybridized carbons (Fsp3) is 0.538. The van der Waals surface area contributed by atoms with E-state index in [1.807, 2.05) is 6.07 Å². The van der Waals surface area contributed by atoms with Crippen LogP contribution in [0.4, 0.5) is 0 Å². The molecule has 0 saturated heterocycles. The van der Waals surface area contributed by atoms with Gasteiger partial charge in [0, 0.05) is 5.56 Å². The molecular weight excluding hydrogens is 243 g/mol. The molecule has 1 aromatic carbocycles. The second-order valence-corrected chi connectivity index (χ2v) is 4.58. The lowest BCUT2D eigenvalue weighted by atomic mass is 10.1. The lowest BCUT2D eigenvalue weighted by Gasteiger charge is -2.13. The topological polar surface area (TPSA) is 9.23 Å². The van der Waals surface area contributed by atoms with Crippen LogP contribution in [0.3, 0.4) is 0 Å².